The van der Waals surface area contributed by atoms with Gasteiger partial charge in [0.25, 0.3) is 15.2 Å². The zero-order valence-corrected chi connectivity index (χ0v) is 13.8. The van der Waals surface area contributed by atoms with Gasteiger partial charge in [0.2, 0.25) is 0 Å². The van der Waals surface area contributed by atoms with Crippen LogP contribution in [-0.4, -0.2) is 40.6 Å². The molecule has 2 aromatic rings. The number of benzene rings is 1. The van der Waals surface area contributed by atoms with Gasteiger partial charge in [0, 0.05) is 20.1 Å². The first kappa shape index (κ1) is 15.2. The molecule has 1 fully saturated rings. The van der Waals surface area contributed by atoms with E-state index in [1.165, 1.54) is 31.9 Å². The summed E-state index contributed by atoms with van der Waals surface area (Å²) in [4.78, 5) is 0. The smallest absolute Gasteiger partial charge is 0.278 e. The summed E-state index contributed by atoms with van der Waals surface area (Å²) in [6.07, 6.45) is 2.24. The summed E-state index contributed by atoms with van der Waals surface area (Å²) in [5, 5.41) is 7.42. The van der Waals surface area contributed by atoms with E-state index in [0.717, 1.165) is 6.42 Å². The Morgan fingerprint density at radius 3 is 2.68 bits per heavy atom. The van der Waals surface area contributed by atoms with Crippen molar-refractivity contribution in [1.29, 1.82) is 0 Å². The van der Waals surface area contributed by atoms with Crippen molar-refractivity contribution < 1.29 is 8.42 Å². The van der Waals surface area contributed by atoms with Crippen LogP contribution in [0.25, 0.3) is 0 Å². The van der Waals surface area contributed by atoms with E-state index < -0.39 is 10.0 Å². The fourth-order valence-corrected chi connectivity index (χ4v) is 4.62. The summed E-state index contributed by atoms with van der Waals surface area (Å²) >= 11 is 0. The van der Waals surface area contributed by atoms with Gasteiger partial charge >= 0.3 is 0 Å². The lowest BCUT2D eigenvalue weighted by Gasteiger charge is -2.17. The van der Waals surface area contributed by atoms with Gasteiger partial charge in [-0.3, -0.25) is 0 Å². The summed E-state index contributed by atoms with van der Waals surface area (Å²) in [6.45, 7) is 5.17. The quantitative estimate of drug-likeness (QED) is 0.861. The second-order valence-corrected chi connectivity index (χ2v) is 7.76. The van der Waals surface area contributed by atoms with Crippen molar-refractivity contribution in [2.75, 3.05) is 13.1 Å². The van der Waals surface area contributed by atoms with Crippen molar-refractivity contribution in [2.24, 2.45) is 7.05 Å². The number of aromatic nitrogens is 3. The van der Waals surface area contributed by atoms with Gasteiger partial charge in [0.1, 0.15) is 6.33 Å². The Hall–Kier alpha value is -1.73. The van der Waals surface area contributed by atoms with Crippen LogP contribution in [0.2, 0.25) is 0 Å². The number of hydrogen-bond acceptors (Lipinski definition) is 4. The van der Waals surface area contributed by atoms with Gasteiger partial charge < -0.3 is 4.57 Å². The zero-order chi connectivity index (χ0) is 15.9. The van der Waals surface area contributed by atoms with Crippen LogP contribution in [0.1, 0.15) is 29.0 Å². The highest BCUT2D eigenvalue weighted by molar-refractivity contribution is 7.89. The average Bonchev–Trinajstić information content (AvgIpc) is 3.08. The molecule has 2 heterocycles. The maximum Gasteiger partial charge on any atom is 0.278 e. The SMILES string of the molecule is Cc1ccc(C2CCN(S(=O)(=O)c3nncn3C)C2)c(C)c1. The molecule has 3 rings (SSSR count). The molecule has 0 amide bonds. The van der Waals surface area contributed by atoms with E-state index in [1.54, 1.807) is 7.05 Å². The second kappa shape index (κ2) is 5.48. The van der Waals surface area contributed by atoms with Crippen molar-refractivity contribution >= 4 is 10.0 Å². The number of sulfonamides is 1. The first-order valence-corrected chi connectivity index (χ1v) is 8.75. The highest BCUT2D eigenvalue weighted by Crippen LogP contribution is 2.32. The molecule has 1 aliphatic heterocycles. The Balaban J connectivity index is 1.85. The predicted octanol–water partition coefficient (Wildman–Crippen LogP) is 1.61. The summed E-state index contributed by atoms with van der Waals surface area (Å²) in [6, 6.07) is 6.35. The van der Waals surface area contributed by atoms with E-state index in [-0.39, 0.29) is 11.1 Å². The van der Waals surface area contributed by atoms with Crippen molar-refractivity contribution in [3.8, 4) is 0 Å². The standard InChI is InChI=1S/C15H20N4O2S/c1-11-4-5-14(12(2)8-11)13-6-7-19(9-13)22(20,21)15-17-16-10-18(15)3/h4-5,8,10,13H,6-7,9H2,1-3H3. The van der Waals surface area contributed by atoms with Gasteiger partial charge in [0.15, 0.2) is 0 Å². The Bertz CT molecular complexity index is 798. The van der Waals surface area contributed by atoms with Crippen LogP contribution in [0.4, 0.5) is 0 Å². The molecular weight excluding hydrogens is 300 g/mol. The third-order valence-corrected chi connectivity index (χ3v) is 6.10. The highest BCUT2D eigenvalue weighted by Gasteiger charge is 2.36. The zero-order valence-electron chi connectivity index (χ0n) is 13.0. The Morgan fingerprint density at radius 2 is 2.05 bits per heavy atom. The summed E-state index contributed by atoms with van der Waals surface area (Å²) in [5.41, 5.74) is 3.69. The van der Waals surface area contributed by atoms with E-state index in [0.29, 0.717) is 13.1 Å². The maximum atomic E-state index is 12.6. The molecule has 1 saturated heterocycles. The number of hydrogen-bond donors (Lipinski definition) is 0. The minimum Gasteiger partial charge on any atom is -0.306 e. The van der Waals surface area contributed by atoms with Crippen LogP contribution in [0.5, 0.6) is 0 Å². The minimum atomic E-state index is -3.57. The fourth-order valence-electron chi connectivity index (χ4n) is 3.11. The minimum absolute atomic E-state index is 0.00813. The highest BCUT2D eigenvalue weighted by atomic mass is 32.2. The fraction of sp³-hybridized carbons (Fsp3) is 0.467. The van der Waals surface area contributed by atoms with E-state index in [9.17, 15) is 8.42 Å². The molecule has 1 unspecified atom stereocenters. The van der Waals surface area contributed by atoms with E-state index >= 15 is 0 Å². The van der Waals surface area contributed by atoms with Gasteiger partial charge in [-0.05, 0) is 37.3 Å². The van der Waals surface area contributed by atoms with Gasteiger partial charge in [0.05, 0.1) is 0 Å². The van der Waals surface area contributed by atoms with E-state index in [2.05, 4.69) is 42.2 Å². The lowest BCUT2D eigenvalue weighted by Crippen LogP contribution is -2.30. The van der Waals surface area contributed by atoms with Crippen LogP contribution in [0, 0.1) is 13.8 Å². The summed E-state index contributed by atoms with van der Waals surface area (Å²) < 4.78 is 28.2. The monoisotopic (exact) mass is 320 g/mol. The molecule has 1 aromatic heterocycles. The molecule has 0 aliphatic carbocycles. The molecule has 0 N–H and O–H groups in total. The molecule has 1 aromatic carbocycles. The lowest BCUT2D eigenvalue weighted by molar-refractivity contribution is 0.461. The van der Waals surface area contributed by atoms with E-state index in [4.69, 9.17) is 0 Å². The van der Waals surface area contributed by atoms with Crippen LogP contribution >= 0.6 is 0 Å². The molecular formula is C15H20N4O2S. The van der Waals surface area contributed by atoms with Gasteiger partial charge in [-0.2, -0.15) is 4.31 Å². The Morgan fingerprint density at radius 1 is 1.27 bits per heavy atom. The normalized spacial score (nSPS) is 19.7. The first-order valence-electron chi connectivity index (χ1n) is 7.31. The van der Waals surface area contributed by atoms with Crippen LogP contribution in [0.15, 0.2) is 29.7 Å². The molecule has 7 heteroatoms. The largest absolute Gasteiger partial charge is 0.306 e. The number of aryl methyl sites for hydroxylation is 3. The Labute approximate surface area is 130 Å². The Kier molecular flexibility index (Phi) is 3.78. The number of nitrogens with zero attached hydrogens (tertiary/aromatic N) is 4. The van der Waals surface area contributed by atoms with E-state index in [1.807, 2.05) is 0 Å². The molecule has 0 bridgehead atoms. The molecule has 118 valence electrons. The third-order valence-electron chi connectivity index (χ3n) is 4.26. The van der Waals surface area contributed by atoms with Crippen molar-refractivity contribution in [2.45, 2.75) is 31.3 Å². The van der Waals surface area contributed by atoms with Gasteiger partial charge in [-0.15, -0.1) is 10.2 Å². The summed E-state index contributed by atoms with van der Waals surface area (Å²) in [7, 11) is -1.92. The maximum absolute atomic E-state index is 12.6. The van der Waals surface area contributed by atoms with Gasteiger partial charge in [-0.1, -0.05) is 23.8 Å². The van der Waals surface area contributed by atoms with Crippen molar-refractivity contribution in [3.63, 3.8) is 0 Å². The van der Waals surface area contributed by atoms with Crippen LogP contribution in [0.3, 0.4) is 0 Å². The average molecular weight is 320 g/mol. The number of rotatable bonds is 3. The van der Waals surface area contributed by atoms with Crippen molar-refractivity contribution in [1.82, 2.24) is 19.1 Å². The second-order valence-electron chi connectivity index (χ2n) is 5.93. The topological polar surface area (TPSA) is 68.1 Å². The molecule has 0 spiro atoms. The first-order chi connectivity index (χ1) is 10.4. The molecule has 0 saturated carbocycles. The third kappa shape index (κ3) is 2.55. The van der Waals surface area contributed by atoms with Crippen LogP contribution < -0.4 is 0 Å². The molecule has 1 atom stereocenters. The predicted molar refractivity (Wildman–Crippen MR) is 83.0 cm³/mol. The molecule has 6 nitrogen and oxygen atoms in total. The van der Waals surface area contributed by atoms with Crippen LogP contribution in [-0.2, 0) is 17.1 Å². The van der Waals surface area contributed by atoms with Crippen molar-refractivity contribution in [3.05, 3.63) is 41.2 Å². The van der Waals surface area contributed by atoms with Gasteiger partial charge in [-0.25, -0.2) is 8.42 Å². The molecule has 0 radical (unpaired) electrons. The molecule has 22 heavy (non-hydrogen) atoms. The lowest BCUT2D eigenvalue weighted by atomic mass is 9.93. The summed E-state index contributed by atoms with van der Waals surface area (Å²) in [5.74, 6) is 0.239. The molecule has 1 aliphatic rings.